The van der Waals surface area contributed by atoms with Crippen LogP contribution in [-0.4, -0.2) is 37.0 Å². The van der Waals surface area contributed by atoms with E-state index in [1.54, 1.807) is 13.8 Å². The van der Waals surface area contributed by atoms with Crippen molar-refractivity contribution in [1.29, 1.82) is 0 Å². The maximum atomic E-state index is 11.7. The molecule has 0 radical (unpaired) electrons. The minimum Gasteiger partial charge on any atom is -0.463 e. The summed E-state index contributed by atoms with van der Waals surface area (Å²) in [6.07, 6.45) is 0.464. The molecule has 1 aromatic carbocycles. The number of esters is 1. The first-order chi connectivity index (χ1) is 11.0. The molecule has 2 N–H and O–H groups in total. The van der Waals surface area contributed by atoms with Gasteiger partial charge >= 0.3 is 5.97 Å². The number of amides is 2. The van der Waals surface area contributed by atoms with Crippen molar-refractivity contribution >= 4 is 17.8 Å². The maximum absolute atomic E-state index is 11.7. The Hall–Kier alpha value is -2.37. The van der Waals surface area contributed by atoms with Crippen molar-refractivity contribution in [2.45, 2.75) is 39.2 Å². The molecule has 0 aliphatic carbocycles. The second kappa shape index (κ2) is 10.4. The van der Waals surface area contributed by atoms with E-state index in [1.165, 1.54) is 0 Å². The number of hydrogen-bond acceptors (Lipinski definition) is 4. The Labute approximate surface area is 136 Å². The zero-order valence-electron chi connectivity index (χ0n) is 13.6. The number of ether oxygens (including phenoxy) is 1. The lowest BCUT2D eigenvalue weighted by atomic mass is 10.1. The van der Waals surface area contributed by atoms with Crippen LogP contribution in [0.25, 0.3) is 0 Å². The molecule has 6 heteroatoms. The Morgan fingerprint density at radius 1 is 0.957 bits per heavy atom. The van der Waals surface area contributed by atoms with E-state index < -0.39 is 0 Å². The van der Waals surface area contributed by atoms with E-state index in [1.807, 2.05) is 30.3 Å². The van der Waals surface area contributed by atoms with Gasteiger partial charge in [-0.2, -0.15) is 0 Å². The lowest BCUT2D eigenvalue weighted by Gasteiger charge is -2.09. The van der Waals surface area contributed by atoms with Gasteiger partial charge in [-0.3, -0.25) is 14.4 Å². The summed E-state index contributed by atoms with van der Waals surface area (Å²) in [7, 11) is 0. The average Bonchev–Trinajstić information content (AvgIpc) is 2.47. The molecule has 0 aliphatic heterocycles. The van der Waals surface area contributed by atoms with Crippen LogP contribution in [0.3, 0.4) is 0 Å². The number of carbonyl (C=O) groups excluding carboxylic acids is 3. The number of nitrogens with one attached hydrogen (secondary N) is 2. The van der Waals surface area contributed by atoms with Gasteiger partial charge in [0, 0.05) is 19.5 Å². The van der Waals surface area contributed by atoms with Gasteiger partial charge in [0.05, 0.1) is 18.9 Å². The number of carbonyl (C=O) groups is 3. The summed E-state index contributed by atoms with van der Waals surface area (Å²) < 4.78 is 4.95. The van der Waals surface area contributed by atoms with Crippen molar-refractivity contribution in [2.75, 3.05) is 13.1 Å². The Morgan fingerprint density at radius 3 is 2.22 bits per heavy atom. The second-order valence-corrected chi connectivity index (χ2v) is 5.40. The minimum absolute atomic E-state index is 0.121. The molecule has 0 atom stereocenters. The van der Waals surface area contributed by atoms with E-state index in [9.17, 15) is 14.4 Å². The molecule has 1 rings (SSSR count). The number of hydrogen-bond donors (Lipinski definition) is 2. The van der Waals surface area contributed by atoms with Crippen LogP contribution in [0.15, 0.2) is 30.3 Å². The van der Waals surface area contributed by atoms with Crippen LogP contribution in [0.2, 0.25) is 0 Å². The number of benzene rings is 1. The van der Waals surface area contributed by atoms with Gasteiger partial charge in [-0.1, -0.05) is 30.3 Å². The Bertz CT molecular complexity index is 515. The number of rotatable bonds is 9. The van der Waals surface area contributed by atoms with Gasteiger partial charge in [-0.05, 0) is 19.4 Å². The summed E-state index contributed by atoms with van der Waals surface area (Å²) in [4.78, 5) is 34.5. The fourth-order valence-corrected chi connectivity index (χ4v) is 1.87. The Balaban J connectivity index is 2.09. The van der Waals surface area contributed by atoms with Crippen molar-refractivity contribution in [3.05, 3.63) is 35.9 Å². The van der Waals surface area contributed by atoms with Crippen LogP contribution >= 0.6 is 0 Å². The molecule has 23 heavy (non-hydrogen) atoms. The second-order valence-electron chi connectivity index (χ2n) is 5.40. The third kappa shape index (κ3) is 9.29. The molecule has 0 bridgehead atoms. The molecule has 1 aromatic rings. The normalized spacial score (nSPS) is 10.2. The molecule has 0 heterocycles. The Kier molecular flexibility index (Phi) is 8.42. The molecule has 0 fully saturated rings. The van der Waals surface area contributed by atoms with Gasteiger partial charge in [-0.15, -0.1) is 0 Å². The van der Waals surface area contributed by atoms with Gasteiger partial charge in [0.1, 0.15) is 0 Å². The van der Waals surface area contributed by atoms with Crippen LogP contribution in [0.1, 0.15) is 32.3 Å². The van der Waals surface area contributed by atoms with E-state index >= 15 is 0 Å². The lowest BCUT2D eigenvalue weighted by molar-refractivity contribution is -0.147. The summed E-state index contributed by atoms with van der Waals surface area (Å²) in [6.45, 7) is 4.06. The van der Waals surface area contributed by atoms with Gasteiger partial charge in [0.2, 0.25) is 11.8 Å². The summed E-state index contributed by atoms with van der Waals surface area (Å²) >= 11 is 0. The lowest BCUT2D eigenvalue weighted by Crippen LogP contribution is -2.32. The van der Waals surface area contributed by atoms with E-state index in [0.29, 0.717) is 6.42 Å². The van der Waals surface area contributed by atoms with Gasteiger partial charge in [0.25, 0.3) is 0 Å². The summed E-state index contributed by atoms with van der Waals surface area (Å²) in [5.41, 5.74) is 0.929. The highest BCUT2D eigenvalue weighted by molar-refractivity contribution is 5.80. The molecule has 6 nitrogen and oxygen atoms in total. The third-order valence-electron chi connectivity index (χ3n) is 2.90. The van der Waals surface area contributed by atoms with Crippen molar-refractivity contribution < 1.29 is 19.1 Å². The highest BCUT2D eigenvalue weighted by Crippen LogP contribution is 1.99. The van der Waals surface area contributed by atoms with Crippen LogP contribution in [0, 0.1) is 0 Å². The van der Waals surface area contributed by atoms with E-state index in [4.69, 9.17) is 4.74 Å². The van der Waals surface area contributed by atoms with Gasteiger partial charge in [-0.25, -0.2) is 0 Å². The predicted molar refractivity (Wildman–Crippen MR) is 86.6 cm³/mol. The predicted octanol–water partition coefficient (Wildman–Crippen LogP) is 1.19. The van der Waals surface area contributed by atoms with Crippen LogP contribution in [-0.2, 0) is 25.5 Å². The minimum atomic E-state index is -0.337. The highest BCUT2D eigenvalue weighted by Gasteiger charge is 2.08. The Morgan fingerprint density at radius 2 is 1.57 bits per heavy atom. The average molecular weight is 320 g/mol. The van der Waals surface area contributed by atoms with E-state index in [-0.39, 0.29) is 49.8 Å². The van der Waals surface area contributed by atoms with Crippen molar-refractivity contribution in [3.8, 4) is 0 Å². The van der Waals surface area contributed by atoms with E-state index in [2.05, 4.69) is 10.6 Å². The third-order valence-corrected chi connectivity index (χ3v) is 2.90. The van der Waals surface area contributed by atoms with Gasteiger partial charge < -0.3 is 15.4 Å². The van der Waals surface area contributed by atoms with Gasteiger partial charge in [0.15, 0.2) is 0 Å². The first kappa shape index (κ1) is 18.7. The monoisotopic (exact) mass is 320 g/mol. The van der Waals surface area contributed by atoms with Crippen LogP contribution in [0.5, 0.6) is 0 Å². The molecule has 0 spiro atoms. The largest absolute Gasteiger partial charge is 0.463 e. The van der Waals surface area contributed by atoms with E-state index in [0.717, 1.165) is 5.56 Å². The first-order valence-corrected chi connectivity index (χ1v) is 7.74. The smallest absolute Gasteiger partial charge is 0.307 e. The molecule has 2 amide bonds. The molecule has 0 aromatic heterocycles. The quantitative estimate of drug-likeness (QED) is 0.670. The van der Waals surface area contributed by atoms with Crippen LogP contribution < -0.4 is 10.6 Å². The standard InChI is InChI=1S/C17H24N2O4/c1-13(2)23-17(22)9-11-18-15(20)8-10-19-16(21)12-14-6-4-3-5-7-14/h3-7,13H,8-12H2,1-2H3,(H,18,20)(H,19,21). The van der Waals surface area contributed by atoms with Crippen molar-refractivity contribution in [3.63, 3.8) is 0 Å². The van der Waals surface area contributed by atoms with Crippen LogP contribution in [0.4, 0.5) is 0 Å². The summed E-state index contributed by atoms with van der Waals surface area (Å²) in [5, 5.41) is 5.32. The zero-order valence-corrected chi connectivity index (χ0v) is 13.6. The molecule has 0 saturated carbocycles. The molecule has 0 saturated heterocycles. The van der Waals surface area contributed by atoms with Crippen molar-refractivity contribution in [1.82, 2.24) is 10.6 Å². The molecule has 0 unspecified atom stereocenters. The highest BCUT2D eigenvalue weighted by atomic mass is 16.5. The first-order valence-electron chi connectivity index (χ1n) is 7.74. The topological polar surface area (TPSA) is 84.5 Å². The molecule has 0 aliphatic rings. The molecular weight excluding hydrogens is 296 g/mol. The summed E-state index contributed by atoms with van der Waals surface area (Å²) in [6, 6.07) is 9.40. The summed E-state index contributed by atoms with van der Waals surface area (Å²) in [5.74, 6) is -0.664. The maximum Gasteiger partial charge on any atom is 0.307 e. The zero-order chi connectivity index (χ0) is 17.1. The molecule has 126 valence electrons. The van der Waals surface area contributed by atoms with Crippen molar-refractivity contribution in [2.24, 2.45) is 0 Å². The fourth-order valence-electron chi connectivity index (χ4n) is 1.87. The fraction of sp³-hybridized carbons (Fsp3) is 0.471. The SMILES string of the molecule is CC(C)OC(=O)CCNC(=O)CCNC(=O)Cc1ccccc1. The molecular formula is C17H24N2O4.